The highest BCUT2D eigenvalue weighted by Crippen LogP contribution is 2.27. The molecule has 4 heteroatoms. The molecular formula is C13H19NO2S. The lowest BCUT2D eigenvalue weighted by Gasteiger charge is -2.30. The first-order valence-corrected chi connectivity index (χ1v) is 7.36. The first-order valence-electron chi connectivity index (χ1n) is 5.92. The molecule has 17 heavy (non-hydrogen) atoms. The molecule has 1 aromatic carbocycles. The second-order valence-electron chi connectivity index (χ2n) is 5.54. The highest BCUT2D eigenvalue weighted by Gasteiger charge is 2.29. The van der Waals surface area contributed by atoms with Crippen molar-refractivity contribution in [3.63, 3.8) is 0 Å². The van der Waals surface area contributed by atoms with Gasteiger partial charge in [-0.15, -0.1) is 0 Å². The molecule has 0 unspecified atom stereocenters. The second kappa shape index (κ2) is 4.10. The van der Waals surface area contributed by atoms with E-state index in [0.29, 0.717) is 18.0 Å². The number of sulfonamides is 1. The zero-order chi connectivity index (χ0) is 12.7. The molecule has 2 rings (SSSR count). The maximum Gasteiger partial charge on any atom is 0.243 e. The minimum atomic E-state index is -3.25. The molecule has 3 nitrogen and oxygen atoms in total. The molecule has 0 radical (unpaired) electrons. The van der Waals surface area contributed by atoms with Gasteiger partial charge >= 0.3 is 0 Å². The summed E-state index contributed by atoms with van der Waals surface area (Å²) in [5.74, 6) is 0. The number of benzene rings is 1. The van der Waals surface area contributed by atoms with Gasteiger partial charge in [-0.25, -0.2) is 8.42 Å². The van der Waals surface area contributed by atoms with Crippen molar-refractivity contribution in [1.82, 2.24) is 4.31 Å². The van der Waals surface area contributed by atoms with Gasteiger partial charge in [0.15, 0.2) is 0 Å². The van der Waals surface area contributed by atoms with E-state index in [-0.39, 0.29) is 5.41 Å². The van der Waals surface area contributed by atoms with Crippen LogP contribution in [-0.2, 0) is 15.4 Å². The van der Waals surface area contributed by atoms with Gasteiger partial charge in [0.25, 0.3) is 0 Å². The quantitative estimate of drug-likeness (QED) is 0.811. The van der Waals surface area contributed by atoms with Crippen molar-refractivity contribution < 1.29 is 8.42 Å². The molecule has 0 N–H and O–H groups in total. The molecule has 0 amide bonds. The Hall–Kier alpha value is -0.870. The fourth-order valence-corrected chi connectivity index (χ4v) is 3.36. The lowest BCUT2D eigenvalue weighted by molar-refractivity contribution is 0.309. The summed E-state index contributed by atoms with van der Waals surface area (Å²) in [6, 6.07) is 7.29. The van der Waals surface area contributed by atoms with Gasteiger partial charge in [-0.05, 0) is 29.5 Å². The summed E-state index contributed by atoms with van der Waals surface area (Å²) >= 11 is 0. The smallest absolute Gasteiger partial charge is 0.207 e. The SMILES string of the molecule is CC(C)(C)c1cccc(S(=O)(=O)N2CCC2)c1. The van der Waals surface area contributed by atoms with E-state index >= 15 is 0 Å². The Bertz CT molecular complexity index is 510. The van der Waals surface area contributed by atoms with Gasteiger partial charge in [-0.3, -0.25) is 0 Å². The Balaban J connectivity index is 2.40. The maximum atomic E-state index is 12.2. The Morgan fingerprint density at radius 1 is 1.18 bits per heavy atom. The fourth-order valence-electron chi connectivity index (χ4n) is 1.80. The average Bonchev–Trinajstić information content (AvgIpc) is 2.13. The van der Waals surface area contributed by atoms with Crippen molar-refractivity contribution in [1.29, 1.82) is 0 Å². The van der Waals surface area contributed by atoms with Gasteiger partial charge in [0, 0.05) is 13.1 Å². The van der Waals surface area contributed by atoms with Crippen molar-refractivity contribution in [2.75, 3.05) is 13.1 Å². The molecular weight excluding hydrogens is 234 g/mol. The molecule has 1 fully saturated rings. The van der Waals surface area contributed by atoms with Crippen molar-refractivity contribution >= 4 is 10.0 Å². The molecule has 0 atom stereocenters. The molecule has 0 aromatic heterocycles. The van der Waals surface area contributed by atoms with Crippen LogP contribution in [0, 0.1) is 0 Å². The highest BCUT2D eigenvalue weighted by molar-refractivity contribution is 7.89. The Morgan fingerprint density at radius 2 is 1.82 bits per heavy atom. The van der Waals surface area contributed by atoms with E-state index in [0.717, 1.165) is 12.0 Å². The lowest BCUT2D eigenvalue weighted by Crippen LogP contribution is -2.41. The third-order valence-corrected chi connectivity index (χ3v) is 5.05. The van der Waals surface area contributed by atoms with E-state index in [1.165, 1.54) is 4.31 Å². The van der Waals surface area contributed by atoms with Crippen molar-refractivity contribution in [3.8, 4) is 0 Å². The van der Waals surface area contributed by atoms with E-state index in [9.17, 15) is 8.42 Å². The van der Waals surface area contributed by atoms with Gasteiger partial charge in [0.1, 0.15) is 0 Å². The summed E-state index contributed by atoms with van der Waals surface area (Å²) in [5, 5.41) is 0. The van der Waals surface area contributed by atoms with Gasteiger partial charge in [-0.2, -0.15) is 4.31 Å². The minimum absolute atomic E-state index is 0.0273. The van der Waals surface area contributed by atoms with Crippen LogP contribution in [0.1, 0.15) is 32.8 Å². The Kier molecular flexibility index (Phi) is 3.04. The predicted molar refractivity (Wildman–Crippen MR) is 68.5 cm³/mol. The average molecular weight is 253 g/mol. The number of hydrogen-bond acceptors (Lipinski definition) is 2. The van der Waals surface area contributed by atoms with Crippen LogP contribution in [0.4, 0.5) is 0 Å². The molecule has 94 valence electrons. The van der Waals surface area contributed by atoms with Gasteiger partial charge in [0.2, 0.25) is 10.0 Å². The van der Waals surface area contributed by atoms with Gasteiger partial charge < -0.3 is 0 Å². The topological polar surface area (TPSA) is 37.4 Å². The largest absolute Gasteiger partial charge is 0.243 e. The standard InChI is InChI=1S/C13H19NO2S/c1-13(2,3)11-6-4-7-12(10-11)17(15,16)14-8-5-9-14/h4,6-7,10H,5,8-9H2,1-3H3. The molecule has 0 saturated carbocycles. The van der Waals surface area contributed by atoms with Crippen LogP contribution in [0.2, 0.25) is 0 Å². The predicted octanol–water partition coefficient (Wildman–Crippen LogP) is 2.38. The van der Waals surface area contributed by atoms with E-state index in [1.807, 2.05) is 12.1 Å². The van der Waals surface area contributed by atoms with Crippen molar-refractivity contribution in [3.05, 3.63) is 29.8 Å². The third-order valence-electron chi connectivity index (χ3n) is 3.15. The summed E-state index contributed by atoms with van der Waals surface area (Å²) in [5.41, 5.74) is 1.03. The highest BCUT2D eigenvalue weighted by atomic mass is 32.2. The molecule has 1 aliphatic rings. The maximum absolute atomic E-state index is 12.2. The molecule has 1 aromatic rings. The summed E-state index contributed by atoms with van der Waals surface area (Å²) in [4.78, 5) is 0.421. The second-order valence-corrected chi connectivity index (χ2v) is 7.47. The zero-order valence-corrected chi connectivity index (χ0v) is 11.4. The number of hydrogen-bond donors (Lipinski definition) is 0. The van der Waals surface area contributed by atoms with E-state index in [4.69, 9.17) is 0 Å². The van der Waals surface area contributed by atoms with E-state index < -0.39 is 10.0 Å². The zero-order valence-electron chi connectivity index (χ0n) is 10.6. The van der Waals surface area contributed by atoms with Gasteiger partial charge in [-0.1, -0.05) is 32.9 Å². The van der Waals surface area contributed by atoms with Crippen LogP contribution >= 0.6 is 0 Å². The van der Waals surface area contributed by atoms with Crippen LogP contribution in [0.25, 0.3) is 0 Å². The molecule has 0 aliphatic carbocycles. The Labute approximate surface area is 104 Å². The Morgan fingerprint density at radius 3 is 2.29 bits per heavy atom. The minimum Gasteiger partial charge on any atom is -0.207 e. The van der Waals surface area contributed by atoms with Crippen LogP contribution in [0.5, 0.6) is 0 Å². The van der Waals surface area contributed by atoms with Crippen LogP contribution < -0.4 is 0 Å². The van der Waals surface area contributed by atoms with Crippen LogP contribution in [0.15, 0.2) is 29.2 Å². The first-order chi connectivity index (χ1) is 7.82. The third kappa shape index (κ3) is 2.38. The molecule has 1 saturated heterocycles. The molecule has 0 spiro atoms. The molecule has 0 bridgehead atoms. The van der Waals surface area contributed by atoms with Gasteiger partial charge in [0.05, 0.1) is 4.90 Å². The number of rotatable bonds is 2. The van der Waals surface area contributed by atoms with E-state index in [1.54, 1.807) is 12.1 Å². The fraction of sp³-hybridized carbons (Fsp3) is 0.538. The number of nitrogens with zero attached hydrogens (tertiary/aromatic N) is 1. The summed E-state index contributed by atoms with van der Waals surface area (Å²) in [7, 11) is -3.25. The molecule has 1 heterocycles. The summed E-state index contributed by atoms with van der Waals surface area (Å²) in [6.45, 7) is 7.57. The summed E-state index contributed by atoms with van der Waals surface area (Å²) in [6.07, 6.45) is 0.970. The first kappa shape index (κ1) is 12.6. The lowest BCUT2D eigenvalue weighted by atomic mass is 9.87. The summed E-state index contributed by atoms with van der Waals surface area (Å²) < 4.78 is 26.0. The normalized spacial score (nSPS) is 17.8. The monoisotopic (exact) mass is 253 g/mol. The van der Waals surface area contributed by atoms with Crippen molar-refractivity contribution in [2.45, 2.75) is 37.5 Å². The van der Waals surface area contributed by atoms with Crippen molar-refractivity contribution in [2.24, 2.45) is 0 Å². The van der Waals surface area contributed by atoms with Crippen LogP contribution in [0.3, 0.4) is 0 Å². The molecule has 1 aliphatic heterocycles. The van der Waals surface area contributed by atoms with E-state index in [2.05, 4.69) is 20.8 Å². The van der Waals surface area contributed by atoms with Crippen LogP contribution in [-0.4, -0.2) is 25.8 Å².